The van der Waals surface area contributed by atoms with Crippen LogP contribution in [0.3, 0.4) is 0 Å². The fourth-order valence-electron chi connectivity index (χ4n) is 4.04. The predicted molar refractivity (Wildman–Crippen MR) is 113 cm³/mol. The van der Waals surface area contributed by atoms with Gasteiger partial charge in [0.05, 0.1) is 18.6 Å². The van der Waals surface area contributed by atoms with Crippen LogP contribution >= 0.6 is 0 Å². The van der Waals surface area contributed by atoms with Crippen molar-refractivity contribution in [2.24, 2.45) is 5.92 Å². The average Bonchev–Trinajstić information content (AvgIpc) is 3.05. The van der Waals surface area contributed by atoms with Gasteiger partial charge in [0, 0.05) is 25.3 Å². The number of likely N-dealkylation sites (tertiary alicyclic amines) is 1. The van der Waals surface area contributed by atoms with Crippen molar-refractivity contribution in [1.82, 2.24) is 15.2 Å². The molecule has 2 heterocycles. The molecule has 0 spiro atoms. The third-order valence-corrected chi connectivity index (χ3v) is 5.83. The molecule has 0 aliphatic carbocycles. The van der Waals surface area contributed by atoms with Gasteiger partial charge in [-0.15, -0.1) is 0 Å². The van der Waals surface area contributed by atoms with Gasteiger partial charge in [0.1, 0.15) is 5.69 Å². The van der Waals surface area contributed by atoms with Crippen molar-refractivity contribution in [3.8, 4) is 0 Å². The zero-order valence-corrected chi connectivity index (χ0v) is 18.0. The maximum atomic E-state index is 13.1. The van der Waals surface area contributed by atoms with Crippen molar-refractivity contribution in [2.75, 3.05) is 20.2 Å². The van der Waals surface area contributed by atoms with Gasteiger partial charge in [0.2, 0.25) is 5.91 Å². The summed E-state index contributed by atoms with van der Waals surface area (Å²) in [5.74, 6) is -0.942. The molecule has 1 aliphatic heterocycles. The highest BCUT2D eigenvalue weighted by molar-refractivity contribution is 6.00. The van der Waals surface area contributed by atoms with Gasteiger partial charge in [0.25, 0.3) is 5.91 Å². The molecular weight excluding hydrogens is 382 g/mol. The van der Waals surface area contributed by atoms with Crippen LogP contribution in [-0.4, -0.2) is 47.9 Å². The van der Waals surface area contributed by atoms with E-state index in [-0.39, 0.29) is 17.7 Å². The molecule has 0 radical (unpaired) electrons. The number of H-pyrrole nitrogens is 1. The third-order valence-electron chi connectivity index (χ3n) is 5.83. The molecule has 2 N–H and O–H groups in total. The number of carbonyl (C=O) groups is 3. The first-order chi connectivity index (χ1) is 14.3. The van der Waals surface area contributed by atoms with E-state index < -0.39 is 5.97 Å². The number of piperidine rings is 1. The molecule has 1 aliphatic rings. The lowest BCUT2D eigenvalue weighted by Crippen LogP contribution is -2.45. The van der Waals surface area contributed by atoms with E-state index in [1.165, 1.54) is 7.11 Å². The van der Waals surface area contributed by atoms with Gasteiger partial charge in [-0.3, -0.25) is 9.59 Å². The Balaban J connectivity index is 1.67. The summed E-state index contributed by atoms with van der Waals surface area (Å²) in [6, 6.07) is 7.95. The summed E-state index contributed by atoms with van der Waals surface area (Å²) in [6.07, 6.45) is 1.51. The summed E-state index contributed by atoms with van der Waals surface area (Å²) >= 11 is 0. The maximum Gasteiger partial charge on any atom is 0.339 e. The van der Waals surface area contributed by atoms with Crippen molar-refractivity contribution in [3.63, 3.8) is 0 Å². The molecular formula is C23H29N3O4. The Hall–Kier alpha value is -3.09. The maximum absolute atomic E-state index is 13.1. The quantitative estimate of drug-likeness (QED) is 0.740. The minimum absolute atomic E-state index is 0.0367. The van der Waals surface area contributed by atoms with E-state index in [9.17, 15) is 14.4 Å². The number of aromatic nitrogens is 1. The van der Waals surface area contributed by atoms with Crippen LogP contribution in [-0.2, 0) is 16.1 Å². The topological polar surface area (TPSA) is 91.5 Å². The van der Waals surface area contributed by atoms with Gasteiger partial charge >= 0.3 is 5.97 Å². The number of rotatable bonds is 5. The molecule has 3 rings (SSSR count). The SMILES string of the molecule is COC(=O)c1c(C)[nH]c(C(=O)N2CCC[C@@H](C(=O)NCc3ccccc3C)C2)c1C. The van der Waals surface area contributed by atoms with E-state index in [1.54, 1.807) is 18.7 Å². The first-order valence-corrected chi connectivity index (χ1v) is 10.2. The number of nitrogens with zero attached hydrogens (tertiary/aromatic N) is 1. The molecule has 2 amide bonds. The number of aromatic amines is 1. The van der Waals surface area contributed by atoms with Crippen LogP contribution in [0.1, 0.15) is 56.1 Å². The molecule has 1 atom stereocenters. The number of nitrogens with one attached hydrogen (secondary N) is 2. The lowest BCUT2D eigenvalue weighted by molar-refractivity contribution is -0.126. The van der Waals surface area contributed by atoms with Crippen LogP contribution < -0.4 is 5.32 Å². The summed E-state index contributed by atoms with van der Waals surface area (Å²) in [4.78, 5) is 42.5. The summed E-state index contributed by atoms with van der Waals surface area (Å²) in [5.41, 5.74) is 4.18. The monoisotopic (exact) mass is 411 g/mol. The average molecular weight is 412 g/mol. The van der Waals surface area contributed by atoms with Gasteiger partial charge < -0.3 is 19.9 Å². The Morgan fingerprint density at radius 3 is 2.63 bits per heavy atom. The number of esters is 1. The number of carbonyl (C=O) groups excluding carboxylic acids is 3. The Morgan fingerprint density at radius 1 is 1.20 bits per heavy atom. The second kappa shape index (κ2) is 9.15. The second-order valence-corrected chi connectivity index (χ2v) is 7.85. The molecule has 1 aromatic carbocycles. The van der Waals surface area contributed by atoms with Crippen molar-refractivity contribution in [1.29, 1.82) is 0 Å². The molecule has 1 aromatic heterocycles. The van der Waals surface area contributed by atoms with Gasteiger partial charge in [0.15, 0.2) is 0 Å². The lowest BCUT2D eigenvalue weighted by atomic mass is 9.96. The Bertz CT molecular complexity index is 963. The molecule has 7 nitrogen and oxygen atoms in total. The van der Waals surface area contributed by atoms with Crippen LogP contribution in [0.4, 0.5) is 0 Å². The fraction of sp³-hybridized carbons (Fsp3) is 0.435. The number of benzene rings is 1. The van der Waals surface area contributed by atoms with E-state index in [4.69, 9.17) is 4.74 Å². The molecule has 160 valence electrons. The van der Waals surface area contributed by atoms with Crippen molar-refractivity contribution < 1.29 is 19.1 Å². The molecule has 0 bridgehead atoms. The molecule has 7 heteroatoms. The first kappa shape index (κ1) is 21.6. The number of ether oxygens (including phenoxy) is 1. The molecule has 30 heavy (non-hydrogen) atoms. The van der Waals surface area contributed by atoms with Gasteiger partial charge in [-0.1, -0.05) is 24.3 Å². The lowest BCUT2D eigenvalue weighted by Gasteiger charge is -2.32. The highest BCUT2D eigenvalue weighted by atomic mass is 16.5. The van der Waals surface area contributed by atoms with Crippen LogP contribution in [0, 0.1) is 26.7 Å². The number of amides is 2. The zero-order chi connectivity index (χ0) is 21.8. The minimum Gasteiger partial charge on any atom is -0.465 e. The van der Waals surface area contributed by atoms with E-state index in [1.807, 2.05) is 31.2 Å². The molecule has 1 saturated heterocycles. The summed E-state index contributed by atoms with van der Waals surface area (Å²) in [7, 11) is 1.32. The summed E-state index contributed by atoms with van der Waals surface area (Å²) in [6.45, 7) is 6.93. The number of methoxy groups -OCH3 is 1. The van der Waals surface area contributed by atoms with Crippen LogP contribution in [0.25, 0.3) is 0 Å². The number of aryl methyl sites for hydroxylation is 2. The van der Waals surface area contributed by atoms with Crippen molar-refractivity contribution in [3.05, 3.63) is 57.9 Å². The molecule has 0 unspecified atom stereocenters. The van der Waals surface area contributed by atoms with Gasteiger partial charge in [-0.05, 0) is 50.3 Å². The highest BCUT2D eigenvalue weighted by Crippen LogP contribution is 2.23. The van der Waals surface area contributed by atoms with Gasteiger partial charge in [-0.2, -0.15) is 0 Å². The summed E-state index contributed by atoms with van der Waals surface area (Å²) in [5, 5.41) is 3.01. The Labute approximate surface area is 176 Å². The third kappa shape index (κ3) is 4.40. The predicted octanol–water partition coefficient (Wildman–Crippen LogP) is 2.90. The normalized spacial score (nSPS) is 16.3. The van der Waals surface area contributed by atoms with Crippen molar-refractivity contribution in [2.45, 2.75) is 40.2 Å². The molecule has 1 fully saturated rings. The Kier molecular flexibility index (Phi) is 6.59. The molecule has 0 saturated carbocycles. The smallest absolute Gasteiger partial charge is 0.339 e. The van der Waals surface area contributed by atoms with Crippen molar-refractivity contribution >= 4 is 17.8 Å². The second-order valence-electron chi connectivity index (χ2n) is 7.85. The van der Waals surface area contributed by atoms with Gasteiger partial charge in [-0.25, -0.2) is 4.79 Å². The van der Waals surface area contributed by atoms with Crippen LogP contribution in [0.5, 0.6) is 0 Å². The standard InChI is InChI=1S/C23H29N3O4/c1-14-8-5-6-9-17(14)12-24-21(27)18-10-7-11-26(13-18)22(28)20-15(2)19(16(3)25-20)23(29)30-4/h5-6,8-9,18,25H,7,10-13H2,1-4H3,(H,24,27)/t18-/m1/s1. The van der Waals surface area contributed by atoms with Crippen LogP contribution in [0.2, 0.25) is 0 Å². The fourth-order valence-corrected chi connectivity index (χ4v) is 4.04. The number of hydrogen-bond acceptors (Lipinski definition) is 4. The Morgan fingerprint density at radius 2 is 1.93 bits per heavy atom. The zero-order valence-electron chi connectivity index (χ0n) is 18.0. The number of hydrogen-bond donors (Lipinski definition) is 2. The minimum atomic E-state index is -0.465. The van der Waals surface area contributed by atoms with E-state index in [0.29, 0.717) is 42.1 Å². The van der Waals surface area contributed by atoms with Crippen LogP contribution in [0.15, 0.2) is 24.3 Å². The highest BCUT2D eigenvalue weighted by Gasteiger charge is 2.31. The van der Waals surface area contributed by atoms with E-state index in [2.05, 4.69) is 10.3 Å². The first-order valence-electron chi connectivity index (χ1n) is 10.2. The largest absolute Gasteiger partial charge is 0.465 e. The summed E-state index contributed by atoms with van der Waals surface area (Å²) < 4.78 is 4.82. The van der Waals surface area contributed by atoms with E-state index in [0.717, 1.165) is 24.0 Å². The van der Waals surface area contributed by atoms with E-state index >= 15 is 0 Å². The molecule has 2 aromatic rings.